The third kappa shape index (κ3) is 5.17. The Morgan fingerprint density at radius 3 is 2.27 bits per heavy atom. The second-order valence-electron chi connectivity index (χ2n) is 7.61. The highest BCUT2D eigenvalue weighted by Crippen LogP contribution is 2.44. The van der Waals surface area contributed by atoms with Gasteiger partial charge < -0.3 is 20.5 Å². The molecule has 8 nitrogen and oxygen atoms in total. The zero-order valence-corrected chi connectivity index (χ0v) is 17.8. The molecule has 0 fully saturated rings. The van der Waals surface area contributed by atoms with Crippen molar-refractivity contribution >= 4 is 18.0 Å². The summed E-state index contributed by atoms with van der Waals surface area (Å²) < 4.78 is 5.50. The number of pyridine rings is 1. The number of nitrogens with zero attached hydrogens (tertiary/aromatic N) is 1. The maximum atomic E-state index is 12.3. The Bertz CT molecular complexity index is 1150. The van der Waals surface area contributed by atoms with Crippen molar-refractivity contribution in [3.8, 4) is 11.1 Å². The number of ether oxygens (including phenoxy) is 1. The van der Waals surface area contributed by atoms with Crippen molar-refractivity contribution in [3.63, 3.8) is 0 Å². The van der Waals surface area contributed by atoms with E-state index in [2.05, 4.69) is 39.9 Å². The summed E-state index contributed by atoms with van der Waals surface area (Å²) in [5.41, 5.74) is 5.40. The van der Waals surface area contributed by atoms with Crippen molar-refractivity contribution in [2.24, 2.45) is 0 Å². The molecule has 2 aromatic carbocycles. The van der Waals surface area contributed by atoms with E-state index in [0.29, 0.717) is 11.3 Å². The predicted octanol–water partition coefficient (Wildman–Crippen LogP) is 3.32. The van der Waals surface area contributed by atoms with E-state index in [-0.39, 0.29) is 32.0 Å². The maximum absolute atomic E-state index is 12.3. The van der Waals surface area contributed by atoms with Crippen molar-refractivity contribution in [1.82, 2.24) is 15.6 Å². The first-order valence-electron chi connectivity index (χ1n) is 10.6. The number of hydrogen-bond donors (Lipinski definition) is 3. The van der Waals surface area contributed by atoms with E-state index in [1.807, 2.05) is 24.3 Å². The summed E-state index contributed by atoms with van der Waals surface area (Å²) in [6, 6.07) is 19.3. The highest BCUT2D eigenvalue weighted by Gasteiger charge is 2.28. The standard InChI is InChI=1S/C25H23N3O5/c29-23(30)10-12-27-24(31)16-9-11-26-17(13-16)14-28-25(32)33-15-22-20-7-3-1-5-18(20)19-6-2-4-8-21(19)22/h1-9,11,13,22H,10,12,14-15H2,(H,27,31)(H,28,32)(H,29,30). The fourth-order valence-electron chi connectivity index (χ4n) is 3.91. The number of hydrogen-bond acceptors (Lipinski definition) is 5. The summed E-state index contributed by atoms with van der Waals surface area (Å²) in [5.74, 6) is -1.42. The van der Waals surface area contributed by atoms with E-state index in [4.69, 9.17) is 9.84 Å². The first-order valence-corrected chi connectivity index (χ1v) is 10.6. The van der Waals surface area contributed by atoms with Crippen LogP contribution < -0.4 is 10.6 Å². The molecule has 2 amide bonds. The Kier molecular flexibility index (Phi) is 6.64. The van der Waals surface area contributed by atoms with Gasteiger partial charge in [-0.05, 0) is 34.4 Å². The van der Waals surface area contributed by atoms with E-state index < -0.39 is 18.0 Å². The number of aromatic nitrogens is 1. The molecule has 0 unspecified atom stereocenters. The average Bonchev–Trinajstić information content (AvgIpc) is 3.15. The summed E-state index contributed by atoms with van der Waals surface area (Å²) in [4.78, 5) is 39.2. The third-order valence-electron chi connectivity index (χ3n) is 5.46. The minimum atomic E-state index is -0.988. The van der Waals surface area contributed by atoms with Crippen LogP contribution in [0.15, 0.2) is 66.9 Å². The fraction of sp³-hybridized carbons (Fsp3) is 0.200. The summed E-state index contributed by atoms with van der Waals surface area (Å²) in [7, 11) is 0. The number of nitrogens with one attached hydrogen (secondary N) is 2. The van der Waals surface area contributed by atoms with E-state index in [1.165, 1.54) is 12.3 Å². The molecule has 168 valence electrons. The Morgan fingerprint density at radius 2 is 1.61 bits per heavy atom. The molecule has 8 heteroatoms. The first-order chi connectivity index (χ1) is 16.0. The minimum absolute atomic E-state index is 0.0286. The van der Waals surface area contributed by atoms with Gasteiger partial charge in [0.15, 0.2) is 0 Å². The Labute approximate surface area is 190 Å². The zero-order chi connectivity index (χ0) is 23.2. The van der Waals surface area contributed by atoms with Crippen LogP contribution in [-0.2, 0) is 16.1 Å². The number of carboxylic acid groups (broad SMARTS) is 1. The van der Waals surface area contributed by atoms with Gasteiger partial charge in [0.2, 0.25) is 0 Å². The third-order valence-corrected chi connectivity index (χ3v) is 5.46. The number of rotatable bonds is 8. The molecule has 1 aliphatic rings. The summed E-state index contributed by atoms with van der Waals surface area (Å²) in [5, 5.41) is 13.9. The van der Waals surface area contributed by atoms with Crippen LogP contribution in [0.5, 0.6) is 0 Å². The smallest absolute Gasteiger partial charge is 0.407 e. The molecule has 4 rings (SSSR count). The van der Waals surface area contributed by atoms with Crippen molar-refractivity contribution in [3.05, 3.63) is 89.2 Å². The highest BCUT2D eigenvalue weighted by atomic mass is 16.5. The molecule has 1 heterocycles. The molecule has 0 radical (unpaired) electrons. The van der Waals surface area contributed by atoms with Crippen molar-refractivity contribution in [1.29, 1.82) is 0 Å². The maximum Gasteiger partial charge on any atom is 0.407 e. The number of carbonyl (C=O) groups excluding carboxylic acids is 2. The molecule has 0 saturated heterocycles. The molecule has 1 aliphatic carbocycles. The van der Waals surface area contributed by atoms with Gasteiger partial charge in [0.05, 0.1) is 18.7 Å². The Balaban J connectivity index is 1.32. The quantitative estimate of drug-likeness (QED) is 0.490. The fourth-order valence-corrected chi connectivity index (χ4v) is 3.91. The molecule has 0 spiro atoms. The Morgan fingerprint density at radius 1 is 0.939 bits per heavy atom. The molecule has 0 bridgehead atoms. The van der Waals surface area contributed by atoms with Gasteiger partial charge >= 0.3 is 12.1 Å². The molecule has 0 aliphatic heterocycles. The van der Waals surface area contributed by atoms with Crippen LogP contribution in [0.3, 0.4) is 0 Å². The van der Waals surface area contributed by atoms with Crippen LogP contribution in [-0.4, -0.2) is 41.2 Å². The first kappa shape index (κ1) is 22.0. The van der Waals surface area contributed by atoms with Gasteiger partial charge in [-0.3, -0.25) is 14.6 Å². The van der Waals surface area contributed by atoms with Gasteiger partial charge in [-0.2, -0.15) is 0 Å². The zero-order valence-electron chi connectivity index (χ0n) is 17.8. The second-order valence-corrected chi connectivity index (χ2v) is 7.61. The molecule has 33 heavy (non-hydrogen) atoms. The summed E-state index contributed by atoms with van der Waals surface area (Å²) in [6.07, 6.45) is 0.725. The summed E-state index contributed by atoms with van der Waals surface area (Å²) >= 11 is 0. The van der Waals surface area contributed by atoms with Gasteiger partial charge in [-0.15, -0.1) is 0 Å². The molecular weight excluding hydrogens is 422 g/mol. The van der Waals surface area contributed by atoms with Crippen LogP contribution in [0.2, 0.25) is 0 Å². The lowest BCUT2D eigenvalue weighted by Gasteiger charge is -2.14. The Hall–Kier alpha value is -4.20. The lowest BCUT2D eigenvalue weighted by Crippen LogP contribution is -2.27. The van der Waals surface area contributed by atoms with Crippen molar-refractivity contribution in [2.75, 3.05) is 13.2 Å². The summed E-state index contributed by atoms with van der Waals surface area (Å²) in [6.45, 7) is 0.329. The van der Waals surface area contributed by atoms with Gasteiger partial charge in [-0.1, -0.05) is 48.5 Å². The number of carbonyl (C=O) groups is 3. The number of aliphatic carboxylic acids is 1. The molecule has 1 aromatic heterocycles. The largest absolute Gasteiger partial charge is 0.481 e. The van der Waals surface area contributed by atoms with Crippen LogP contribution in [0.1, 0.15) is 39.5 Å². The van der Waals surface area contributed by atoms with E-state index in [0.717, 1.165) is 22.3 Å². The number of benzene rings is 2. The monoisotopic (exact) mass is 445 g/mol. The molecule has 3 aromatic rings. The average molecular weight is 445 g/mol. The number of amides is 2. The predicted molar refractivity (Wildman–Crippen MR) is 121 cm³/mol. The van der Waals surface area contributed by atoms with Crippen LogP contribution in [0, 0.1) is 0 Å². The molecular formula is C25H23N3O5. The molecule has 0 atom stereocenters. The number of carboxylic acids is 1. The van der Waals surface area contributed by atoms with Gasteiger partial charge in [0.25, 0.3) is 5.91 Å². The number of fused-ring (bicyclic) bond motifs is 3. The lowest BCUT2D eigenvalue weighted by molar-refractivity contribution is -0.136. The molecule has 0 saturated carbocycles. The van der Waals surface area contributed by atoms with Crippen molar-refractivity contribution in [2.45, 2.75) is 18.9 Å². The SMILES string of the molecule is O=C(O)CCNC(=O)c1ccnc(CNC(=O)OCC2c3ccccc3-c3ccccc32)c1. The van der Waals surface area contributed by atoms with Crippen LogP contribution in [0.4, 0.5) is 4.79 Å². The number of alkyl carbamates (subject to hydrolysis) is 1. The normalized spacial score (nSPS) is 11.9. The van der Waals surface area contributed by atoms with Crippen LogP contribution >= 0.6 is 0 Å². The van der Waals surface area contributed by atoms with Gasteiger partial charge in [0.1, 0.15) is 6.61 Å². The van der Waals surface area contributed by atoms with Crippen molar-refractivity contribution < 1.29 is 24.2 Å². The van der Waals surface area contributed by atoms with Gasteiger partial charge in [0, 0.05) is 24.2 Å². The molecule has 3 N–H and O–H groups in total. The van der Waals surface area contributed by atoms with E-state index >= 15 is 0 Å². The topological polar surface area (TPSA) is 118 Å². The minimum Gasteiger partial charge on any atom is -0.481 e. The second kappa shape index (κ2) is 9.95. The van der Waals surface area contributed by atoms with Gasteiger partial charge in [-0.25, -0.2) is 4.79 Å². The highest BCUT2D eigenvalue weighted by molar-refractivity contribution is 5.94. The lowest BCUT2D eigenvalue weighted by atomic mass is 9.98. The van der Waals surface area contributed by atoms with E-state index in [9.17, 15) is 14.4 Å². The van der Waals surface area contributed by atoms with Crippen LogP contribution in [0.25, 0.3) is 11.1 Å². The van der Waals surface area contributed by atoms with E-state index in [1.54, 1.807) is 6.07 Å².